The lowest BCUT2D eigenvalue weighted by Gasteiger charge is -2.28. The minimum atomic E-state index is -0.460. The molecule has 4 aromatic rings. The molecule has 1 amide bonds. The fraction of sp³-hybridized carbons (Fsp3) is 0.240. The minimum absolute atomic E-state index is 0.180. The van der Waals surface area contributed by atoms with Crippen molar-refractivity contribution in [2.24, 2.45) is 5.41 Å². The maximum Gasteiger partial charge on any atom is 0.252 e. The van der Waals surface area contributed by atoms with Crippen LogP contribution >= 0.6 is 0 Å². The number of carbonyl (C=O) groups is 1. The molecule has 0 saturated carbocycles. The standard InChI is InChI=1S/C25H25N3O3/c1-25(2,3)21(24-27-22(28-31-24)17-12-14-18(30-4)15-13-17)26-23(29)20-11-7-9-16-8-5-6-10-19(16)20/h5-15,21H,1-4H3,(H,26,29). The number of ether oxygens (including phenoxy) is 1. The summed E-state index contributed by atoms with van der Waals surface area (Å²) in [6.45, 7) is 6.08. The molecule has 0 spiro atoms. The number of hydrogen-bond donors (Lipinski definition) is 1. The van der Waals surface area contributed by atoms with Gasteiger partial charge in [0.15, 0.2) is 0 Å². The van der Waals surface area contributed by atoms with Crippen LogP contribution in [0.5, 0.6) is 5.75 Å². The first-order valence-electron chi connectivity index (χ1n) is 10.1. The highest BCUT2D eigenvalue weighted by Gasteiger charge is 2.33. The number of nitrogens with zero attached hydrogens (tertiary/aromatic N) is 2. The summed E-state index contributed by atoms with van der Waals surface area (Å²) in [5.41, 5.74) is 1.08. The molecule has 4 rings (SSSR count). The molecular formula is C25H25N3O3. The summed E-state index contributed by atoms with van der Waals surface area (Å²) in [7, 11) is 1.62. The number of carbonyl (C=O) groups excluding carboxylic acids is 1. The molecule has 6 nitrogen and oxygen atoms in total. The van der Waals surface area contributed by atoms with Crippen LogP contribution in [0.1, 0.15) is 43.1 Å². The zero-order valence-electron chi connectivity index (χ0n) is 18.0. The van der Waals surface area contributed by atoms with E-state index in [2.05, 4.69) is 15.5 Å². The van der Waals surface area contributed by atoms with E-state index in [1.54, 1.807) is 7.11 Å². The van der Waals surface area contributed by atoms with Crippen molar-refractivity contribution in [1.29, 1.82) is 0 Å². The Kier molecular flexibility index (Phi) is 5.46. The van der Waals surface area contributed by atoms with Gasteiger partial charge in [-0.1, -0.05) is 62.3 Å². The van der Waals surface area contributed by atoms with Gasteiger partial charge in [-0.05, 0) is 46.5 Å². The summed E-state index contributed by atoms with van der Waals surface area (Å²) in [5.74, 6) is 1.40. The van der Waals surface area contributed by atoms with Crippen molar-refractivity contribution in [3.05, 3.63) is 78.2 Å². The normalized spacial score (nSPS) is 12.5. The highest BCUT2D eigenvalue weighted by Crippen LogP contribution is 2.33. The highest BCUT2D eigenvalue weighted by atomic mass is 16.5. The van der Waals surface area contributed by atoms with Gasteiger partial charge < -0.3 is 14.6 Å². The number of nitrogens with one attached hydrogen (secondary N) is 1. The summed E-state index contributed by atoms with van der Waals surface area (Å²) in [6, 6.07) is 20.5. The molecule has 31 heavy (non-hydrogen) atoms. The molecule has 0 fully saturated rings. The quantitative estimate of drug-likeness (QED) is 0.471. The van der Waals surface area contributed by atoms with Gasteiger partial charge in [-0.3, -0.25) is 4.79 Å². The van der Waals surface area contributed by atoms with Gasteiger partial charge in [0.25, 0.3) is 5.91 Å². The summed E-state index contributed by atoms with van der Waals surface area (Å²) in [5, 5.41) is 9.16. The molecule has 1 N–H and O–H groups in total. The summed E-state index contributed by atoms with van der Waals surface area (Å²) < 4.78 is 10.8. The largest absolute Gasteiger partial charge is 0.497 e. The van der Waals surface area contributed by atoms with E-state index in [4.69, 9.17) is 9.26 Å². The molecule has 1 heterocycles. The number of amides is 1. The Balaban J connectivity index is 1.64. The van der Waals surface area contributed by atoms with Crippen molar-refractivity contribution in [2.45, 2.75) is 26.8 Å². The predicted octanol–water partition coefficient (Wildman–Crippen LogP) is 5.42. The van der Waals surface area contributed by atoms with Crippen LogP contribution in [0, 0.1) is 5.41 Å². The van der Waals surface area contributed by atoms with Crippen LogP contribution in [0.4, 0.5) is 0 Å². The molecule has 0 aliphatic rings. The van der Waals surface area contributed by atoms with Crippen molar-refractivity contribution >= 4 is 16.7 Å². The van der Waals surface area contributed by atoms with Gasteiger partial charge in [0, 0.05) is 11.1 Å². The molecule has 1 atom stereocenters. The third-order valence-electron chi connectivity index (χ3n) is 5.21. The Labute approximate surface area is 181 Å². The number of aromatic nitrogens is 2. The van der Waals surface area contributed by atoms with Gasteiger partial charge in [-0.15, -0.1) is 0 Å². The summed E-state index contributed by atoms with van der Waals surface area (Å²) in [6.07, 6.45) is 0. The number of benzene rings is 3. The fourth-order valence-corrected chi connectivity index (χ4v) is 3.49. The molecule has 1 aromatic heterocycles. The smallest absolute Gasteiger partial charge is 0.252 e. The van der Waals surface area contributed by atoms with E-state index in [-0.39, 0.29) is 11.3 Å². The molecule has 3 aromatic carbocycles. The second kappa shape index (κ2) is 8.22. The Hall–Kier alpha value is -3.67. The molecule has 0 aliphatic heterocycles. The van der Waals surface area contributed by atoms with Crippen LogP contribution in [-0.2, 0) is 0 Å². The Morgan fingerprint density at radius 2 is 1.71 bits per heavy atom. The third-order valence-corrected chi connectivity index (χ3v) is 5.21. The first-order valence-corrected chi connectivity index (χ1v) is 10.1. The predicted molar refractivity (Wildman–Crippen MR) is 120 cm³/mol. The maximum absolute atomic E-state index is 13.2. The number of hydrogen-bond acceptors (Lipinski definition) is 5. The van der Waals surface area contributed by atoms with Crippen LogP contribution < -0.4 is 10.1 Å². The monoisotopic (exact) mass is 415 g/mol. The van der Waals surface area contributed by atoms with Crippen molar-refractivity contribution in [3.63, 3.8) is 0 Å². The van der Waals surface area contributed by atoms with Crippen LogP contribution in [-0.4, -0.2) is 23.2 Å². The van der Waals surface area contributed by atoms with Gasteiger partial charge in [-0.2, -0.15) is 4.98 Å². The molecule has 0 radical (unpaired) electrons. The zero-order chi connectivity index (χ0) is 22.0. The highest BCUT2D eigenvalue weighted by molar-refractivity contribution is 6.07. The first-order chi connectivity index (χ1) is 14.9. The lowest BCUT2D eigenvalue weighted by Crippen LogP contribution is -2.37. The zero-order valence-corrected chi connectivity index (χ0v) is 18.0. The third kappa shape index (κ3) is 4.28. The SMILES string of the molecule is COc1ccc(-c2noc(C(NC(=O)c3cccc4ccccc34)C(C)(C)C)n2)cc1. The van der Waals surface area contributed by atoms with Crippen molar-refractivity contribution < 1.29 is 14.1 Å². The van der Waals surface area contributed by atoms with Gasteiger partial charge >= 0.3 is 0 Å². The van der Waals surface area contributed by atoms with Gasteiger partial charge in [0.2, 0.25) is 11.7 Å². The van der Waals surface area contributed by atoms with E-state index >= 15 is 0 Å². The van der Waals surface area contributed by atoms with E-state index in [9.17, 15) is 4.79 Å². The Bertz CT molecular complexity index is 1200. The average Bonchev–Trinajstić information content (AvgIpc) is 3.26. The van der Waals surface area contributed by atoms with Crippen molar-refractivity contribution in [3.8, 4) is 17.1 Å². The second-order valence-electron chi connectivity index (χ2n) is 8.48. The maximum atomic E-state index is 13.2. The van der Waals surface area contributed by atoms with Crippen LogP contribution in [0.2, 0.25) is 0 Å². The topological polar surface area (TPSA) is 77.3 Å². The van der Waals surface area contributed by atoms with E-state index in [0.717, 1.165) is 22.1 Å². The van der Waals surface area contributed by atoms with E-state index in [0.29, 0.717) is 17.3 Å². The Morgan fingerprint density at radius 3 is 2.42 bits per heavy atom. The molecule has 0 aliphatic carbocycles. The first kappa shape index (κ1) is 20.6. The lowest BCUT2D eigenvalue weighted by atomic mass is 9.86. The van der Waals surface area contributed by atoms with Gasteiger partial charge in [0.05, 0.1) is 7.11 Å². The number of methoxy groups -OCH3 is 1. The Morgan fingerprint density at radius 1 is 1.00 bits per heavy atom. The van der Waals surface area contributed by atoms with Crippen LogP contribution in [0.15, 0.2) is 71.3 Å². The van der Waals surface area contributed by atoms with E-state index < -0.39 is 6.04 Å². The minimum Gasteiger partial charge on any atom is -0.497 e. The second-order valence-corrected chi connectivity index (χ2v) is 8.48. The van der Waals surface area contributed by atoms with Crippen LogP contribution in [0.3, 0.4) is 0 Å². The number of rotatable bonds is 5. The average molecular weight is 415 g/mol. The van der Waals surface area contributed by atoms with E-state index in [1.807, 2.05) is 87.5 Å². The summed E-state index contributed by atoms with van der Waals surface area (Å²) >= 11 is 0. The molecule has 158 valence electrons. The lowest BCUT2D eigenvalue weighted by molar-refractivity contribution is 0.0882. The number of fused-ring (bicyclic) bond motifs is 1. The van der Waals surface area contributed by atoms with Crippen molar-refractivity contribution in [2.75, 3.05) is 7.11 Å². The van der Waals surface area contributed by atoms with E-state index in [1.165, 1.54) is 0 Å². The molecule has 1 unspecified atom stereocenters. The molecule has 6 heteroatoms. The molecule has 0 saturated heterocycles. The molecular weight excluding hydrogens is 390 g/mol. The molecule has 0 bridgehead atoms. The van der Waals surface area contributed by atoms with Gasteiger partial charge in [-0.25, -0.2) is 0 Å². The van der Waals surface area contributed by atoms with Crippen molar-refractivity contribution in [1.82, 2.24) is 15.5 Å². The summed E-state index contributed by atoms with van der Waals surface area (Å²) in [4.78, 5) is 17.8. The van der Waals surface area contributed by atoms with Gasteiger partial charge in [0.1, 0.15) is 11.8 Å². The van der Waals surface area contributed by atoms with Crippen LogP contribution in [0.25, 0.3) is 22.2 Å². The fourth-order valence-electron chi connectivity index (χ4n) is 3.49.